The van der Waals surface area contributed by atoms with Crippen molar-refractivity contribution in [2.75, 3.05) is 26.4 Å². The van der Waals surface area contributed by atoms with Crippen molar-refractivity contribution in [1.29, 1.82) is 0 Å². The summed E-state index contributed by atoms with van der Waals surface area (Å²) >= 11 is 0. The molecule has 13 heteroatoms. The summed E-state index contributed by atoms with van der Waals surface area (Å²) in [7, 11) is -5.08. The topological polar surface area (TPSA) is 178 Å². The molecule has 74 heavy (non-hydrogen) atoms. The lowest BCUT2D eigenvalue weighted by atomic mass is 9.99. The monoisotopic (exact) mass is 1060 g/mol. The van der Waals surface area contributed by atoms with E-state index in [1.165, 1.54) is 89.9 Å². The molecular weight excluding hydrogens is 957 g/mol. The number of aliphatic hydroxyl groups is 3. The Balaban J connectivity index is 2.33. The zero-order chi connectivity index (χ0) is 53.8. The number of carbonyl (C=O) groups excluding carboxylic acids is 1. The Kier molecular flexibility index (Phi) is 47.4. The zero-order valence-corrected chi connectivity index (χ0v) is 46.9. The number of rotatable bonds is 50. The molecule has 0 aromatic heterocycles. The third kappa shape index (κ3) is 43.2. The summed E-state index contributed by atoms with van der Waals surface area (Å²) in [5, 5.41) is 30.9. The molecule has 1 fully saturated rings. The Bertz CT molecular complexity index is 1650. The second-order valence-corrected chi connectivity index (χ2v) is 20.5. The molecule has 1 aliphatic heterocycles. The minimum Gasteiger partial charge on any atom is -0.457 e. The maximum absolute atomic E-state index is 13.0. The summed E-state index contributed by atoms with van der Waals surface area (Å²) in [4.78, 5) is 13.0. The van der Waals surface area contributed by atoms with E-state index in [1.807, 2.05) is 0 Å². The third-order valence-electron chi connectivity index (χ3n) is 12.7. The minimum atomic E-state index is -5.08. The van der Waals surface area contributed by atoms with Gasteiger partial charge in [-0.2, -0.15) is 8.42 Å². The highest BCUT2D eigenvalue weighted by atomic mass is 32.3. The van der Waals surface area contributed by atoms with Gasteiger partial charge in [-0.3, -0.25) is 9.35 Å². The van der Waals surface area contributed by atoms with E-state index in [4.69, 9.17) is 18.9 Å². The normalized spacial score (nSPS) is 19.5. The summed E-state index contributed by atoms with van der Waals surface area (Å²) in [6.45, 7) is 3.84. The highest BCUT2D eigenvalue weighted by Crippen LogP contribution is 2.26. The van der Waals surface area contributed by atoms with Crippen LogP contribution in [0.1, 0.15) is 219 Å². The van der Waals surface area contributed by atoms with Crippen LogP contribution in [0.25, 0.3) is 0 Å². The van der Waals surface area contributed by atoms with Crippen LogP contribution in [0.3, 0.4) is 0 Å². The van der Waals surface area contributed by atoms with E-state index in [9.17, 15) is 33.1 Å². The number of carbonyl (C=O) groups is 1. The molecule has 1 saturated heterocycles. The maximum Gasteiger partial charge on any atom is 0.397 e. The van der Waals surface area contributed by atoms with Crippen molar-refractivity contribution >= 4 is 16.4 Å². The molecule has 1 rings (SSSR count). The quantitative estimate of drug-likeness (QED) is 0.0196. The van der Waals surface area contributed by atoms with Crippen LogP contribution >= 0.6 is 0 Å². The first kappa shape index (κ1) is 69.0. The molecule has 0 aliphatic carbocycles. The van der Waals surface area contributed by atoms with Crippen molar-refractivity contribution in [2.24, 2.45) is 0 Å². The van der Waals surface area contributed by atoms with Gasteiger partial charge in [-0.15, -0.1) is 0 Å². The van der Waals surface area contributed by atoms with E-state index in [2.05, 4.69) is 115 Å². The highest BCUT2D eigenvalue weighted by molar-refractivity contribution is 7.80. The molecule has 426 valence electrons. The second-order valence-electron chi connectivity index (χ2n) is 19.5. The van der Waals surface area contributed by atoms with Crippen LogP contribution in [0.15, 0.2) is 97.2 Å². The molecule has 12 nitrogen and oxygen atoms in total. The van der Waals surface area contributed by atoms with Crippen LogP contribution in [0, 0.1) is 0 Å². The van der Waals surface area contributed by atoms with Gasteiger partial charge < -0.3 is 34.3 Å². The van der Waals surface area contributed by atoms with Crippen LogP contribution in [0.5, 0.6) is 0 Å². The van der Waals surface area contributed by atoms with Crippen LogP contribution < -0.4 is 0 Å². The maximum atomic E-state index is 13.0. The lowest BCUT2D eigenvalue weighted by Gasteiger charge is -2.41. The first-order valence-electron chi connectivity index (χ1n) is 29.0. The number of hydrogen-bond donors (Lipinski definition) is 4. The fraction of sp³-hybridized carbons (Fsp3) is 0.721. The molecule has 6 unspecified atom stereocenters. The van der Waals surface area contributed by atoms with Crippen molar-refractivity contribution in [3.05, 3.63) is 97.2 Å². The molecule has 4 N–H and O–H groups in total. The van der Waals surface area contributed by atoms with Gasteiger partial charge in [0.2, 0.25) is 0 Å². The smallest absolute Gasteiger partial charge is 0.397 e. The van der Waals surface area contributed by atoms with Gasteiger partial charge >= 0.3 is 16.4 Å². The summed E-state index contributed by atoms with van der Waals surface area (Å²) < 4.78 is 59.4. The van der Waals surface area contributed by atoms with Crippen molar-refractivity contribution in [3.63, 3.8) is 0 Å². The van der Waals surface area contributed by atoms with Gasteiger partial charge in [0.05, 0.1) is 19.8 Å². The third-order valence-corrected chi connectivity index (χ3v) is 13.2. The van der Waals surface area contributed by atoms with Crippen LogP contribution in [-0.4, -0.2) is 97.5 Å². The Morgan fingerprint density at radius 2 is 0.932 bits per heavy atom. The largest absolute Gasteiger partial charge is 0.457 e. The number of unbranched alkanes of at least 4 members (excludes halogenated alkanes) is 21. The van der Waals surface area contributed by atoms with Crippen LogP contribution in [-0.2, 0) is 38.3 Å². The molecular formula is C61H104O12S. The molecule has 0 saturated carbocycles. The Labute approximate surface area is 450 Å². The van der Waals surface area contributed by atoms with E-state index in [-0.39, 0.29) is 19.6 Å². The standard InChI is InChI=1S/C61H104O12S/c1-3-5-7-9-11-13-15-17-19-21-23-25-26-27-28-29-31-33-35-37-39-41-43-45-47-49-51-69-53-55(54-70-61-59(65)60(73-74(66,67)68)58(64)56(52-62)72-61)71-57(63)50-48-46-44-42-40-38-36-34-32-30-24-22-20-18-16-14-12-10-8-6-4-2/h5,7,11,13,16-19,22-25,27-28,31,33,55-56,58-62,64-65H,3-4,6,8-10,12,14-15,20-21,26,29-30,32,34-54H2,1-2H3,(H,66,67,68)/b7-5-,13-11-,18-16-,19-17-,24-22-,25-23-,28-27-,33-31-. The lowest BCUT2D eigenvalue weighted by Crippen LogP contribution is -2.60. The van der Waals surface area contributed by atoms with Gasteiger partial charge in [-0.1, -0.05) is 214 Å². The number of hydrogen-bond acceptors (Lipinski definition) is 11. The number of ether oxygens (including phenoxy) is 4. The van der Waals surface area contributed by atoms with Gasteiger partial charge in [0.1, 0.15) is 30.5 Å². The van der Waals surface area contributed by atoms with Crippen LogP contribution in [0.4, 0.5) is 0 Å². The second kappa shape index (κ2) is 50.8. The fourth-order valence-electron chi connectivity index (χ4n) is 8.35. The average Bonchev–Trinajstić information content (AvgIpc) is 3.38. The van der Waals surface area contributed by atoms with Gasteiger partial charge in [-0.25, -0.2) is 4.18 Å². The summed E-state index contributed by atoms with van der Waals surface area (Å²) in [5.74, 6) is -0.410. The van der Waals surface area contributed by atoms with E-state index in [1.54, 1.807) is 0 Å². The minimum absolute atomic E-state index is 0.0209. The van der Waals surface area contributed by atoms with Gasteiger partial charge in [-0.05, 0) is 96.3 Å². The first-order chi connectivity index (χ1) is 36.1. The average molecular weight is 1060 g/mol. The summed E-state index contributed by atoms with van der Waals surface area (Å²) in [6.07, 6.45) is 61.5. The SMILES string of the molecule is CC/C=C\C/C=C\C/C=C\C/C=C\C/C=C\C/C=C\CCCCCCCCCOCC(COC1OC(CO)C(O)C(OS(=O)(=O)O)C1O)OC(=O)CCCCCCCCCCC/C=C\C/C=C\CCCCCCC. The van der Waals surface area contributed by atoms with E-state index < -0.39 is 59.8 Å². The van der Waals surface area contributed by atoms with Crippen molar-refractivity contribution in [2.45, 2.75) is 256 Å². The van der Waals surface area contributed by atoms with Crippen molar-refractivity contribution in [1.82, 2.24) is 0 Å². The molecule has 0 spiro atoms. The predicted molar refractivity (Wildman–Crippen MR) is 303 cm³/mol. The highest BCUT2D eigenvalue weighted by Gasteiger charge is 2.48. The molecule has 0 aromatic rings. The van der Waals surface area contributed by atoms with Crippen molar-refractivity contribution < 1.29 is 56.2 Å². The van der Waals surface area contributed by atoms with E-state index >= 15 is 0 Å². The number of allylic oxidation sites excluding steroid dienone is 16. The molecule has 6 atom stereocenters. The summed E-state index contributed by atoms with van der Waals surface area (Å²) in [6, 6.07) is 0. The number of aliphatic hydroxyl groups excluding tert-OH is 3. The predicted octanol–water partition coefficient (Wildman–Crippen LogP) is 14.5. The molecule has 0 bridgehead atoms. The van der Waals surface area contributed by atoms with E-state index in [0.29, 0.717) is 13.0 Å². The first-order valence-corrected chi connectivity index (χ1v) is 30.4. The molecule has 0 radical (unpaired) electrons. The molecule has 0 amide bonds. The molecule has 1 heterocycles. The van der Waals surface area contributed by atoms with Crippen LogP contribution in [0.2, 0.25) is 0 Å². The fourth-order valence-corrected chi connectivity index (χ4v) is 8.86. The van der Waals surface area contributed by atoms with E-state index in [0.717, 1.165) is 103 Å². The summed E-state index contributed by atoms with van der Waals surface area (Å²) in [5.41, 5.74) is 0. The Hall–Kier alpha value is -2.98. The Morgan fingerprint density at radius 1 is 0.527 bits per heavy atom. The molecule has 0 aromatic carbocycles. The molecule has 1 aliphatic rings. The Morgan fingerprint density at radius 3 is 1.36 bits per heavy atom. The van der Waals surface area contributed by atoms with Gasteiger partial charge in [0.15, 0.2) is 6.29 Å². The zero-order valence-electron chi connectivity index (χ0n) is 46.1. The number of esters is 1. The van der Waals surface area contributed by atoms with Gasteiger partial charge in [0.25, 0.3) is 0 Å². The van der Waals surface area contributed by atoms with Crippen molar-refractivity contribution in [3.8, 4) is 0 Å². The lowest BCUT2D eigenvalue weighted by molar-refractivity contribution is -0.301. The van der Waals surface area contributed by atoms with Gasteiger partial charge in [0, 0.05) is 13.0 Å².